The lowest BCUT2D eigenvalue weighted by atomic mass is 10.1. The van der Waals surface area contributed by atoms with Crippen molar-refractivity contribution in [3.63, 3.8) is 0 Å². The second kappa shape index (κ2) is 5.37. The van der Waals surface area contributed by atoms with Crippen LogP contribution in [0.2, 0.25) is 0 Å². The number of fused-ring (bicyclic) bond motifs is 1. The van der Waals surface area contributed by atoms with Crippen LogP contribution in [0.1, 0.15) is 10.4 Å². The number of nitrogens with zero attached hydrogens (tertiary/aromatic N) is 2. The van der Waals surface area contributed by atoms with Gasteiger partial charge in [-0.05, 0) is 12.1 Å². The Labute approximate surface area is 122 Å². The Bertz CT molecular complexity index is 690. The van der Waals surface area contributed by atoms with E-state index in [2.05, 4.69) is 10.2 Å². The molecule has 21 heavy (non-hydrogen) atoms. The Hall–Kier alpha value is -2.08. The molecule has 0 atom stereocenters. The van der Waals surface area contributed by atoms with E-state index in [1.807, 2.05) is 6.07 Å². The van der Waals surface area contributed by atoms with Gasteiger partial charge in [-0.3, -0.25) is 0 Å². The highest BCUT2D eigenvalue weighted by Gasteiger charge is 2.20. The van der Waals surface area contributed by atoms with Gasteiger partial charge >= 0.3 is 5.97 Å². The molecule has 2 aromatic rings. The maximum atomic E-state index is 14.5. The van der Waals surface area contributed by atoms with Crippen LogP contribution in [0.15, 0.2) is 18.3 Å². The number of methoxy groups -OCH3 is 1. The van der Waals surface area contributed by atoms with E-state index in [9.17, 15) is 9.18 Å². The minimum absolute atomic E-state index is 0.263. The molecule has 0 radical (unpaired) electrons. The van der Waals surface area contributed by atoms with Gasteiger partial charge in [0.2, 0.25) is 0 Å². The van der Waals surface area contributed by atoms with Gasteiger partial charge in [0.25, 0.3) is 0 Å². The molecule has 1 aromatic heterocycles. The molecule has 0 bridgehead atoms. The van der Waals surface area contributed by atoms with E-state index in [1.165, 1.54) is 13.2 Å². The Morgan fingerprint density at radius 3 is 2.71 bits per heavy atom. The number of hydrogen-bond acceptors (Lipinski definition) is 4. The van der Waals surface area contributed by atoms with Gasteiger partial charge in [-0.25, -0.2) is 9.18 Å². The molecule has 3 rings (SSSR count). The van der Waals surface area contributed by atoms with Gasteiger partial charge in [-0.15, -0.1) is 0 Å². The Morgan fingerprint density at radius 2 is 2.05 bits per heavy atom. The maximum absolute atomic E-state index is 14.5. The van der Waals surface area contributed by atoms with Gasteiger partial charge in [0.1, 0.15) is 5.82 Å². The van der Waals surface area contributed by atoms with E-state index in [0.717, 1.165) is 31.9 Å². The number of anilines is 1. The van der Waals surface area contributed by atoms with Crippen molar-refractivity contribution in [2.24, 2.45) is 7.05 Å². The van der Waals surface area contributed by atoms with Crippen molar-refractivity contribution in [3.8, 4) is 0 Å². The first-order chi connectivity index (χ1) is 10.1. The number of rotatable bonds is 2. The highest BCUT2D eigenvalue weighted by molar-refractivity contribution is 6.05. The Balaban J connectivity index is 2.12. The number of benzene rings is 1. The molecule has 6 heteroatoms. The van der Waals surface area contributed by atoms with Gasteiger partial charge in [-0.1, -0.05) is 0 Å². The van der Waals surface area contributed by atoms with Crippen LogP contribution in [0.25, 0.3) is 10.9 Å². The zero-order valence-electron chi connectivity index (χ0n) is 12.1. The summed E-state index contributed by atoms with van der Waals surface area (Å²) in [5, 5.41) is 3.59. The monoisotopic (exact) mass is 291 g/mol. The molecule has 2 heterocycles. The molecule has 1 aliphatic heterocycles. The first kappa shape index (κ1) is 13.9. The lowest BCUT2D eigenvalue weighted by Crippen LogP contribution is -2.43. The van der Waals surface area contributed by atoms with E-state index in [1.54, 1.807) is 17.8 Å². The van der Waals surface area contributed by atoms with E-state index >= 15 is 0 Å². The molecule has 112 valence electrons. The van der Waals surface area contributed by atoms with Gasteiger partial charge < -0.3 is 19.5 Å². The SMILES string of the molecule is COC(=O)c1cn(C)c2cc(N3CCNCC3)cc(F)c12. The van der Waals surface area contributed by atoms with E-state index in [-0.39, 0.29) is 11.4 Å². The highest BCUT2D eigenvalue weighted by atomic mass is 19.1. The van der Waals surface area contributed by atoms with Crippen LogP contribution in [0, 0.1) is 5.82 Å². The molecule has 0 amide bonds. The predicted octanol–water partition coefficient (Wildman–Crippen LogP) is 1.51. The summed E-state index contributed by atoms with van der Waals surface area (Å²) in [6.45, 7) is 3.47. The van der Waals surface area contributed by atoms with Gasteiger partial charge in [0.15, 0.2) is 0 Å². The average Bonchev–Trinajstić information content (AvgIpc) is 2.85. The highest BCUT2D eigenvalue weighted by Crippen LogP contribution is 2.29. The molecule has 0 spiro atoms. The third kappa shape index (κ3) is 2.35. The predicted molar refractivity (Wildman–Crippen MR) is 79.3 cm³/mol. The summed E-state index contributed by atoms with van der Waals surface area (Å²) in [5.74, 6) is -0.906. The van der Waals surface area contributed by atoms with Gasteiger partial charge in [-0.2, -0.15) is 0 Å². The smallest absolute Gasteiger partial charge is 0.340 e. The maximum Gasteiger partial charge on any atom is 0.340 e. The fourth-order valence-electron chi connectivity index (χ4n) is 2.82. The number of esters is 1. The summed E-state index contributed by atoms with van der Waals surface area (Å²) in [6.07, 6.45) is 1.61. The Kier molecular flexibility index (Phi) is 3.55. The first-order valence-electron chi connectivity index (χ1n) is 6.94. The van der Waals surface area contributed by atoms with Crippen LogP contribution in [0.5, 0.6) is 0 Å². The number of aromatic nitrogens is 1. The summed E-state index contributed by atoms with van der Waals surface area (Å²) in [7, 11) is 3.10. The molecule has 5 nitrogen and oxygen atoms in total. The Morgan fingerprint density at radius 1 is 1.33 bits per heavy atom. The van der Waals surface area contributed by atoms with Crippen LogP contribution in [-0.2, 0) is 11.8 Å². The summed E-state index contributed by atoms with van der Waals surface area (Å²) < 4.78 is 21.0. The van der Waals surface area contributed by atoms with E-state index in [0.29, 0.717) is 10.9 Å². The van der Waals surface area contributed by atoms with Crippen molar-refractivity contribution in [2.45, 2.75) is 0 Å². The van der Waals surface area contributed by atoms with Crippen LogP contribution < -0.4 is 10.2 Å². The number of ether oxygens (including phenoxy) is 1. The average molecular weight is 291 g/mol. The second-order valence-corrected chi connectivity index (χ2v) is 5.20. The molecule has 1 N–H and O–H groups in total. The largest absolute Gasteiger partial charge is 0.465 e. The molecule has 0 saturated carbocycles. The van der Waals surface area contributed by atoms with Crippen molar-refractivity contribution in [1.82, 2.24) is 9.88 Å². The van der Waals surface area contributed by atoms with Crippen molar-refractivity contribution in [3.05, 3.63) is 29.7 Å². The topological polar surface area (TPSA) is 46.5 Å². The van der Waals surface area contributed by atoms with Gasteiger partial charge in [0.05, 0.1) is 23.6 Å². The number of carbonyl (C=O) groups is 1. The van der Waals surface area contributed by atoms with E-state index < -0.39 is 5.97 Å². The summed E-state index contributed by atoms with van der Waals surface area (Å²) in [6, 6.07) is 3.43. The standard InChI is InChI=1S/C15H18FN3O2/c1-18-9-11(15(20)21-2)14-12(16)7-10(8-13(14)18)19-5-3-17-4-6-19/h7-9,17H,3-6H2,1-2H3. The van der Waals surface area contributed by atoms with E-state index in [4.69, 9.17) is 4.74 Å². The minimum atomic E-state index is -0.519. The first-order valence-corrected chi connectivity index (χ1v) is 6.94. The van der Waals surface area contributed by atoms with Crippen molar-refractivity contribution in [1.29, 1.82) is 0 Å². The minimum Gasteiger partial charge on any atom is -0.465 e. The fourth-order valence-corrected chi connectivity index (χ4v) is 2.82. The molecule has 1 aromatic carbocycles. The van der Waals surface area contributed by atoms with Crippen LogP contribution in [0.4, 0.5) is 10.1 Å². The van der Waals surface area contributed by atoms with Crippen molar-refractivity contribution < 1.29 is 13.9 Å². The molecular formula is C15H18FN3O2. The van der Waals surface area contributed by atoms with Crippen LogP contribution in [-0.4, -0.2) is 43.8 Å². The molecule has 0 unspecified atom stereocenters. The van der Waals surface area contributed by atoms with Crippen molar-refractivity contribution >= 4 is 22.6 Å². The summed E-state index contributed by atoms with van der Waals surface area (Å²) in [4.78, 5) is 13.9. The fraction of sp³-hybridized carbons (Fsp3) is 0.400. The van der Waals surface area contributed by atoms with Crippen LogP contribution in [0.3, 0.4) is 0 Å². The number of nitrogens with one attached hydrogen (secondary N) is 1. The summed E-state index contributed by atoms with van der Waals surface area (Å²) >= 11 is 0. The third-order valence-electron chi connectivity index (χ3n) is 3.91. The van der Waals surface area contributed by atoms with Crippen molar-refractivity contribution in [2.75, 3.05) is 38.2 Å². The summed E-state index contributed by atoms with van der Waals surface area (Å²) in [5.41, 5.74) is 1.81. The van der Waals surface area contributed by atoms with Gasteiger partial charge in [0, 0.05) is 45.1 Å². The zero-order chi connectivity index (χ0) is 15.0. The number of aryl methyl sites for hydroxylation is 1. The zero-order valence-corrected chi connectivity index (χ0v) is 12.1. The second-order valence-electron chi connectivity index (χ2n) is 5.20. The number of hydrogen-bond donors (Lipinski definition) is 1. The lowest BCUT2D eigenvalue weighted by Gasteiger charge is -2.29. The molecule has 0 aliphatic carbocycles. The molecular weight excluding hydrogens is 273 g/mol. The number of carbonyl (C=O) groups excluding carboxylic acids is 1. The lowest BCUT2D eigenvalue weighted by molar-refractivity contribution is 0.0602. The molecule has 1 aliphatic rings. The molecule has 1 saturated heterocycles. The third-order valence-corrected chi connectivity index (χ3v) is 3.91. The number of piperazine rings is 1. The quantitative estimate of drug-likeness (QED) is 0.852. The normalized spacial score (nSPS) is 15.5. The number of halogens is 1. The molecule has 1 fully saturated rings. The van der Waals surface area contributed by atoms with Crippen LogP contribution >= 0.6 is 0 Å².